The first kappa shape index (κ1) is 20.2. The quantitative estimate of drug-likeness (QED) is 0.692. The topological polar surface area (TPSA) is 61.8 Å². The lowest BCUT2D eigenvalue weighted by Gasteiger charge is -2.14. The summed E-state index contributed by atoms with van der Waals surface area (Å²) in [7, 11) is 0. The van der Waals surface area contributed by atoms with Gasteiger partial charge in [-0.1, -0.05) is 53.7 Å². The van der Waals surface area contributed by atoms with E-state index in [1.165, 1.54) is 11.8 Å². The number of nitrogens with one attached hydrogen (secondary N) is 1. The van der Waals surface area contributed by atoms with Crippen LogP contribution in [0.3, 0.4) is 0 Å². The summed E-state index contributed by atoms with van der Waals surface area (Å²) in [5, 5.41) is 3.46. The minimum absolute atomic E-state index is 0.0695. The molecule has 1 saturated heterocycles. The summed E-state index contributed by atoms with van der Waals surface area (Å²) in [5.74, 6) is -0.353. The number of amides is 2. The van der Waals surface area contributed by atoms with Crippen LogP contribution in [0.15, 0.2) is 66.2 Å². The number of thioether (sulfide) groups is 1. The van der Waals surface area contributed by atoms with Gasteiger partial charge in [-0.05, 0) is 36.8 Å². The van der Waals surface area contributed by atoms with Crippen LogP contribution >= 0.6 is 23.4 Å². The van der Waals surface area contributed by atoms with Crippen LogP contribution in [0.5, 0.6) is 0 Å². The third-order valence-electron chi connectivity index (χ3n) is 4.15. The lowest BCUT2D eigenvalue weighted by Crippen LogP contribution is -2.33. The lowest BCUT2D eigenvalue weighted by molar-refractivity contribution is -0.127. The normalized spacial score (nSPS) is 17.8. The molecule has 5 nitrogen and oxygen atoms in total. The van der Waals surface area contributed by atoms with Crippen molar-refractivity contribution in [1.29, 1.82) is 0 Å². The molecule has 28 heavy (non-hydrogen) atoms. The van der Waals surface area contributed by atoms with Crippen molar-refractivity contribution in [2.24, 2.45) is 4.99 Å². The molecule has 0 unspecified atom stereocenters. The standard InChI is InChI=1S/C21H20ClN3O2S/c1-3-11-25-20(27)18(13-19(26)24-17-10-5-4-7-14(17)2)28-21(25)23-16-9-6-8-15(22)12-16/h3-10,12,18H,1,11,13H2,2H3,(H,24,26)/t18-/m0/s1. The molecule has 144 valence electrons. The lowest BCUT2D eigenvalue weighted by atomic mass is 10.2. The number of carbonyl (C=O) groups is 2. The van der Waals surface area contributed by atoms with E-state index in [0.717, 1.165) is 11.3 Å². The van der Waals surface area contributed by atoms with Crippen LogP contribution in [-0.2, 0) is 9.59 Å². The van der Waals surface area contributed by atoms with Crippen molar-refractivity contribution in [1.82, 2.24) is 4.90 Å². The number of hydrogen-bond donors (Lipinski definition) is 1. The van der Waals surface area contributed by atoms with Gasteiger partial charge < -0.3 is 5.32 Å². The van der Waals surface area contributed by atoms with E-state index in [0.29, 0.717) is 22.4 Å². The maximum absolute atomic E-state index is 12.8. The molecule has 1 aliphatic heterocycles. The molecule has 1 fully saturated rings. The Bertz CT molecular complexity index is 945. The Labute approximate surface area is 173 Å². The van der Waals surface area contributed by atoms with Gasteiger partial charge in [-0.3, -0.25) is 14.5 Å². The summed E-state index contributed by atoms with van der Waals surface area (Å²) in [6.45, 7) is 5.96. The fourth-order valence-electron chi connectivity index (χ4n) is 2.76. The average molecular weight is 414 g/mol. The molecule has 2 aromatic rings. The van der Waals surface area contributed by atoms with Gasteiger partial charge in [-0.25, -0.2) is 4.99 Å². The van der Waals surface area contributed by atoms with E-state index in [9.17, 15) is 9.59 Å². The molecule has 0 saturated carbocycles. The van der Waals surface area contributed by atoms with Crippen molar-refractivity contribution >= 4 is 51.7 Å². The van der Waals surface area contributed by atoms with Crippen molar-refractivity contribution in [3.8, 4) is 0 Å². The van der Waals surface area contributed by atoms with E-state index in [-0.39, 0.29) is 18.2 Å². The maximum atomic E-state index is 12.8. The van der Waals surface area contributed by atoms with Crippen LogP contribution < -0.4 is 5.32 Å². The molecular formula is C21H20ClN3O2S. The van der Waals surface area contributed by atoms with E-state index in [1.807, 2.05) is 37.3 Å². The third kappa shape index (κ3) is 4.82. The van der Waals surface area contributed by atoms with Crippen LogP contribution in [0, 0.1) is 6.92 Å². The summed E-state index contributed by atoms with van der Waals surface area (Å²) in [5.41, 5.74) is 2.37. The zero-order chi connectivity index (χ0) is 20.1. The molecule has 1 aliphatic rings. The highest BCUT2D eigenvalue weighted by molar-refractivity contribution is 8.15. The zero-order valence-electron chi connectivity index (χ0n) is 15.4. The molecule has 0 aromatic heterocycles. The van der Waals surface area contributed by atoms with Crippen LogP contribution in [0.1, 0.15) is 12.0 Å². The van der Waals surface area contributed by atoms with Crippen LogP contribution in [0.4, 0.5) is 11.4 Å². The Balaban J connectivity index is 1.75. The van der Waals surface area contributed by atoms with Gasteiger partial charge in [0.05, 0.1) is 5.69 Å². The zero-order valence-corrected chi connectivity index (χ0v) is 17.0. The number of para-hydroxylation sites is 1. The molecule has 1 atom stereocenters. The van der Waals surface area contributed by atoms with E-state index >= 15 is 0 Å². The average Bonchev–Trinajstić information content (AvgIpc) is 2.93. The SMILES string of the molecule is C=CCN1C(=O)[C@H](CC(=O)Nc2ccccc2C)SC1=Nc1cccc(Cl)c1. The number of nitrogens with zero attached hydrogens (tertiary/aromatic N) is 2. The largest absolute Gasteiger partial charge is 0.326 e. The van der Waals surface area contributed by atoms with Crippen LogP contribution in [0.2, 0.25) is 5.02 Å². The highest BCUT2D eigenvalue weighted by Gasteiger charge is 2.38. The van der Waals surface area contributed by atoms with Crippen molar-refractivity contribution in [3.05, 3.63) is 71.8 Å². The molecule has 3 rings (SSSR count). The molecule has 2 aromatic carbocycles. The number of aliphatic imine (C=N–C) groups is 1. The minimum Gasteiger partial charge on any atom is -0.326 e. The first-order valence-electron chi connectivity index (χ1n) is 8.76. The minimum atomic E-state index is -0.526. The Kier molecular flexibility index (Phi) is 6.54. The molecule has 2 amide bonds. The van der Waals surface area contributed by atoms with E-state index in [1.54, 1.807) is 29.2 Å². The Hall–Kier alpha value is -2.57. The summed E-state index contributed by atoms with van der Waals surface area (Å²) in [6.07, 6.45) is 1.71. The highest BCUT2D eigenvalue weighted by Crippen LogP contribution is 2.32. The van der Waals surface area contributed by atoms with Gasteiger partial charge in [0.1, 0.15) is 5.25 Å². The monoisotopic (exact) mass is 413 g/mol. The Morgan fingerprint density at radius 2 is 2.11 bits per heavy atom. The van der Waals surface area contributed by atoms with Gasteiger partial charge in [0.15, 0.2) is 5.17 Å². The summed E-state index contributed by atoms with van der Waals surface area (Å²) >= 11 is 7.30. The number of aryl methyl sites for hydroxylation is 1. The van der Waals surface area contributed by atoms with Crippen molar-refractivity contribution in [3.63, 3.8) is 0 Å². The smallest absolute Gasteiger partial charge is 0.242 e. The van der Waals surface area contributed by atoms with E-state index < -0.39 is 5.25 Å². The van der Waals surface area contributed by atoms with Gasteiger partial charge in [0.2, 0.25) is 11.8 Å². The Morgan fingerprint density at radius 1 is 1.32 bits per heavy atom. The molecule has 0 spiro atoms. The highest BCUT2D eigenvalue weighted by atomic mass is 35.5. The second-order valence-corrected chi connectivity index (χ2v) is 7.89. The molecule has 0 bridgehead atoms. The first-order chi connectivity index (χ1) is 13.5. The number of hydrogen-bond acceptors (Lipinski definition) is 4. The molecular weight excluding hydrogens is 394 g/mol. The fourth-order valence-corrected chi connectivity index (χ4v) is 4.11. The second kappa shape index (κ2) is 9.08. The number of anilines is 1. The van der Waals surface area contributed by atoms with Crippen molar-refractivity contribution in [2.45, 2.75) is 18.6 Å². The number of carbonyl (C=O) groups excluding carboxylic acids is 2. The molecule has 7 heteroatoms. The van der Waals surface area contributed by atoms with Gasteiger partial charge >= 0.3 is 0 Å². The van der Waals surface area contributed by atoms with Crippen LogP contribution in [-0.4, -0.2) is 33.7 Å². The fraction of sp³-hybridized carbons (Fsp3) is 0.190. The number of halogens is 1. The molecule has 0 aliphatic carbocycles. The number of amidine groups is 1. The summed E-state index contributed by atoms with van der Waals surface area (Å²) in [6, 6.07) is 14.6. The maximum Gasteiger partial charge on any atom is 0.242 e. The molecule has 0 radical (unpaired) electrons. The number of benzene rings is 2. The van der Waals surface area contributed by atoms with E-state index in [2.05, 4.69) is 16.9 Å². The summed E-state index contributed by atoms with van der Waals surface area (Å²) < 4.78 is 0. The first-order valence-corrected chi connectivity index (χ1v) is 10.0. The van der Waals surface area contributed by atoms with Crippen LogP contribution in [0.25, 0.3) is 0 Å². The van der Waals surface area contributed by atoms with Gasteiger partial charge in [0.25, 0.3) is 0 Å². The summed E-state index contributed by atoms with van der Waals surface area (Å²) in [4.78, 5) is 31.3. The second-order valence-electron chi connectivity index (χ2n) is 6.29. The predicted octanol–water partition coefficient (Wildman–Crippen LogP) is 4.79. The van der Waals surface area contributed by atoms with Gasteiger partial charge in [0, 0.05) is 23.7 Å². The van der Waals surface area contributed by atoms with E-state index in [4.69, 9.17) is 11.6 Å². The van der Waals surface area contributed by atoms with Gasteiger partial charge in [-0.15, -0.1) is 6.58 Å². The van der Waals surface area contributed by atoms with Crippen molar-refractivity contribution < 1.29 is 9.59 Å². The Morgan fingerprint density at radius 3 is 2.82 bits per heavy atom. The third-order valence-corrected chi connectivity index (χ3v) is 5.57. The predicted molar refractivity (Wildman–Crippen MR) is 116 cm³/mol. The van der Waals surface area contributed by atoms with Gasteiger partial charge in [-0.2, -0.15) is 0 Å². The number of rotatable bonds is 6. The molecule has 1 heterocycles. The van der Waals surface area contributed by atoms with Crippen molar-refractivity contribution in [2.75, 3.05) is 11.9 Å². The molecule has 1 N–H and O–H groups in total.